The molecular formula is C15H18N2O2S2. The van der Waals surface area contributed by atoms with E-state index in [0.717, 1.165) is 10.4 Å². The van der Waals surface area contributed by atoms with Gasteiger partial charge in [-0.15, -0.1) is 11.3 Å². The summed E-state index contributed by atoms with van der Waals surface area (Å²) in [6.07, 6.45) is 2.37. The Morgan fingerprint density at radius 1 is 1.10 bits per heavy atom. The van der Waals surface area contributed by atoms with E-state index in [1.165, 1.54) is 12.8 Å². The van der Waals surface area contributed by atoms with Crippen LogP contribution in [0.3, 0.4) is 0 Å². The predicted octanol–water partition coefficient (Wildman–Crippen LogP) is 2.48. The zero-order valence-corrected chi connectivity index (χ0v) is 13.2. The van der Waals surface area contributed by atoms with Crippen LogP contribution in [0.2, 0.25) is 0 Å². The maximum absolute atomic E-state index is 12.5. The first-order valence-electron chi connectivity index (χ1n) is 6.98. The van der Waals surface area contributed by atoms with Crippen LogP contribution in [-0.2, 0) is 23.1 Å². The van der Waals surface area contributed by atoms with E-state index in [0.29, 0.717) is 24.0 Å². The van der Waals surface area contributed by atoms with Crippen LogP contribution in [0, 0.1) is 0 Å². The number of thiophene rings is 1. The standard InChI is InChI=1S/C15H18N2O2S2/c18-21(19,17-11-14-5-3-9-20-14)15-6-2-1-4-12(15)10-16-13-7-8-13/h1-6,9,13,16-17H,7-8,10-11H2. The van der Waals surface area contributed by atoms with Crippen LogP contribution < -0.4 is 10.0 Å². The van der Waals surface area contributed by atoms with Gasteiger partial charge in [0, 0.05) is 24.0 Å². The Hall–Kier alpha value is -1.21. The summed E-state index contributed by atoms with van der Waals surface area (Å²) in [6, 6.07) is 11.6. The number of rotatable bonds is 7. The van der Waals surface area contributed by atoms with Crippen LogP contribution in [0.25, 0.3) is 0 Å². The van der Waals surface area contributed by atoms with Gasteiger partial charge in [0.05, 0.1) is 4.90 Å². The third-order valence-corrected chi connectivity index (χ3v) is 5.82. The minimum Gasteiger partial charge on any atom is -0.310 e. The zero-order chi connectivity index (χ0) is 14.7. The number of benzene rings is 1. The summed E-state index contributed by atoms with van der Waals surface area (Å²) in [5, 5.41) is 5.31. The molecule has 21 heavy (non-hydrogen) atoms. The Morgan fingerprint density at radius 3 is 2.62 bits per heavy atom. The molecule has 2 aromatic rings. The smallest absolute Gasteiger partial charge is 0.241 e. The topological polar surface area (TPSA) is 58.2 Å². The van der Waals surface area contributed by atoms with E-state index in [4.69, 9.17) is 0 Å². The average molecular weight is 322 g/mol. The number of sulfonamides is 1. The Kier molecular flexibility index (Phi) is 4.40. The molecule has 1 aliphatic rings. The fourth-order valence-electron chi connectivity index (χ4n) is 2.11. The Bertz CT molecular complexity index is 692. The van der Waals surface area contributed by atoms with E-state index in [1.807, 2.05) is 29.6 Å². The highest BCUT2D eigenvalue weighted by molar-refractivity contribution is 7.89. The van der Waals surface area contributed by atoms with E-state index < -0.39 is 10.0 Å². The highest BCUT2D eigenvalue weighted by Gasteiger charge is 2.22. The molecule has 4 nitrogen and oxygen atoms in total. The average Bonchev–Trinajstić information content (AvgIpc) is 3.17. The first-order valence-corrected chi connectivity index (χ1v) is 9.35. The molecular weight excluding hydrogens is 304 g/mol. The van der Waals surface area contributed by atoms with Gasteiger partial charge in [-0.2, -0.15) is 0 Å². The highest BCUT2D eigenvalue weighted by atomic mass is 32.2. The molecule has 0 atom stereocenters. The minimum atomic E-state index is -3.48. The van der Waals surface area contributed by atoms with E-state index in [1.54, 1.807) is 23.5 Å². The second kappa shape index (κ2) is 6.27. The maximum atomic E-state index is 12.5. The third-order valence-electron chi connectivity index (χ3n) is 3.44. The predicted molar refractivity (Wildman–Crippen MR) is 84.6 cm³/mol. The Labute approximate surface area is 129 Å². The first-order chi connectivity index (χ1) is 10.1. The summed E-state index contributed by atoms with van der Waals surface area (Å²) in [5.74, 6) is 0. The van der Waals surface area contributed by atoms with Gasteiger partial charge in [-0.1, -0.05) is 24.3 Å². The van der Waals surface area contributed by atoms with Crippen molar-refractivity contribution >= 4 is 21.4 Å². The Balaban J connectivity index is 1.73. The van der Waals surface area contributed by atoms with Gasteiger partial charge in [0.1, 0.15) is 0 Å². The van der Waals surface area contributed by atoms with Gasteiger partial charge < -0.3 is 5.32 Å². The summed E-state index contributed by atoms with van der Waals surface area (Å²) in [6.45, 7) is 0.936. The summed E-state index contributed by atoms with van der Waals surface area (Å²) in [7, 11) is -3.48. The van der Waals surface area contributed by atoms with Gasteiger partial charge in [0.15, 0.2) is 0 Å². The molecule has 3 rings (SSSR count). The van der Waals surface area contributed by atoms with Gasteiger partial charge in [0.25, 0.3) is 0 Å². The van der Waals surface area contributed by atoms with Crippen molar-refractivity contribution in [1.29, 1.82) is 0 Å². The van der Waals surface area contributed by atoms with Gasteiger partial charge in [0.2, 0.25) is 10.0 Å². The molecule has 1 saturated carbocycles. The van der Waals surface area contributed by atoms with E-state index >= 15 is 0 Å². The Morgan fingerprint density at radius 2 is 1.90 bits per heavy atom. The summed E-state index contributed by atoms with van der Waals surface area (Å²) < 4.78 is 27.6. The molecule has 6 heteroatoms. The molecule has 0 saturated heterocycles. The van der Waals surface area contributed by atoms with Crippen molar-refractivity contribution in [2.24, 2.45) is 0 Å². The van der Waals surface area contributed by atoms with E-state index in [2.05, 4.69) is 10.0 Å². The second-order valence-electron chi connectivity index (χ2n) is 5.17. The van der Waals surface area contributed by atoms with Crippen LogP contribution in [-0.4, -0.2) is 14.5 Å². The molecule has 112 valence electrons. The maximum Gasteiger partial charge on any atom is 0.241 e. The molecule has 2 N–H and O–H groups in total. The lowest BCUT2D eigenvalue weighted by Crippen LogP contribution is -2.25. The van der Waals surface area contributed by atoms with Gasteiger partial charge in [-0.3, -0.25) is 0 Å². The largest absolute Gasteiger partial charge is 0.310 e. The van der Waals surface area contributed by atoms with Gasteiger partial charge in [-0.25, -0.2) is 13.1 Å². The molecule has 1 aliphatic carbocycles. The monoisotopic (exact) mass is 322 g/mol. The highest BCUT2D eigenvalue weighted by Crippen LogP contribution is 2.21. The normalized spacial score (nSPS) is 15.2. The quantitative estimate of drug-likeness (QED) is 0.823. The van der Waals surface area contributed by atoms with Gasteiger partial charge >= 0.3 is 0 Å². The fourth-order valence-corrected chi connectivity index (χ4v) is 4.09. The SMILES string of the molecule is O=S(=O)(NCc1cccs1)c1ccccc1CNC1CC1. The van der Waals surface area contributed by atoms with Crippen LogP contribution >= 0.6 is 11.3 Å². The molecule has 0 radical (unpaired) electrons. The van der Waals surface area contributed by atoms with Crippen molar-refractivity contribution in [1.82, 2.24) is 10.0 Å². The molecule has 0 unspecified atom stereocenters. The number of hydrogen-bond donors (Lipinski definition) is 2. The lowest BCUT2D eigenvalue weighted by molar-refractivity contribution is 0.578. The molecule has 1 aromatic heterocycles. The molecule has 0 aliphatic heterocycles. The van der Waals surface area contributed by atoms with Crippen molar-refractivity contribution < 1.29 is 8.42 Å². The van der Waals surface area contributed by atoms with E-state index in [9.17, 15) is 8.42 Å². The molecule has 0 amide bonds. The summed E-state index contributed by atoms with van der Waals surface area (Å²) in [4.78, 5) is 1.38. The fraction of sp³-hybridized carbons (Fsp3) is 0.333. The number of nitrogens with one attached hydrogen (secondary N) is 2. The van der Waals surface area contributed by atoms with Crippen molar-refractivity contribution in [3.63, 3.8) is 0 Å². The van der Waals surface area contributed by atoms with Crippen molar-refractivity contribution in [2.75, 3.05) is 0 Å². The number of hydrogen-bond acceptors (Lipinski definition) is 4. The van der Waals surface area contributed by atoms with Crippen molar-refractivity contribution in [2.45, 2.75) is 36.9 Å². The van der Waals surface area contributed by atoms with Crippen LogP contribution in [0.4, 0.5) is 0 Å². The second-order valence-corrected chi connectivity index (χ2v) is 7.93. The molecule has 1 fully saturated rings. The van der Waals surface area contributed by atoms with Crippen LogP contribution in [0.1, 0.15) is 23.3 Å². The van der Waals surface area contributed by atoms with Crippen LogP contribution in [0.15, 0.2) is 46.7 Å². The molecule has 1 aromatic carbocycles. The molecule has 1 heterocycles. The lowest BCUT2D eigenvalue weighted by Gasteiger charge is -2.11. The van der Waals surface area contributed by atoms with Gasteiger partial charge in [-0.05, 0) is 35.9 Å². The van der Waals surface area contributed by atoms with Crippen molar-refractivity contribution in [3.8, 4) is 0 Å². The zero-order valence-electron chi connectivity index (χ0n) is 11.6. The van der Waals surface area contributed by atoms with E-state index in [-0.39, 0.29) is 0 Å². The van der Waals surface area contributed by atoms with Crippen LogP contribution in [0.5, 0.6) is 0 Å². The third kappa shape index (κ3) is 3.91. The minimum absolute atomic E-state index is 0.338. The summed E-state index contributed by atoms with van der Waals surface area (Å²) in [5.41, 5.74) is 0.822. The summed E-state index contributed by atoms with van der Waals surface area (Å²) >= 11 is 1.55. The van der Waals surface area contributed by atoms with Crippen molar-refractivity contribution in [3.05, 3.63) is 52.2 Å². The molecule has 0 bridgehead atoms. The molecule has 0 spiro atoms. The first kappa shape index (κ1) is 14.7. The lowest BCUT2D eigenvalue weighted by atomic mass is 10.2.